The quantitative estimate of drug-likeness (QED) is 0.790. The van der Waals surface area contributed by atoms with E-state index >= 15 is 0 Å². The minimum absolute atomic E-state index is 0.0351. The van der Waals surface area contributed by atoms with Crippen LogP contribution in [0.25, 0.3) is 0 Å². The summed E-state index contributed by atoms with van der Waals surface area (Å²) in [5.74, 6) is 1.66. The molecule has 0 bridgehead atoms. The van der Waals surface area contributed by atoms with Gasteiger partial charge in [-0.15, -0.1) is 0 Å². The monoisotopic (exact) mass is 279 g/mol. The molecule has 1 rings (SSSR count). The Balaban J connectivity index is 2.82. The fourth-order valence-corrected chi connectivity index (χ4v) is 2.07. The van der Waals surface area contributed by atoms with Crippen molar-refractivity contribution in [1.82, 2.24) is 15.3 Å². The Morgan fingerprint density at radius 1 is 1.45 bits per heavy atom. The standard InChI is InChI=1S/C14H25N5O/c1-6-7-16-12-11(3)13(18-9-17-12)19(5)8-10(2)14(20)15-4/h9-10H,6-8H2,1-5H3,(H,15,20)(H,16,17,18). The molecular weight excluding hydrogens is 254 g/mol. The molecule has 20 heavy (non-hydrogen) atoms. The maximum atomic E-state index is 11.6. The van der Waals surface area contributed by atoms with Crippen LogP contribution in [0.1, 0.15) is 25.8 Å². The highest BCUT2D eigenvalue weighted by Gasteiger charge is 2.17. The van der Waals surface area contributed by atoms with Gasteiger partial charge in [0.15, 0.2) is 0 Å². The van der Waals surface area contributed by atoms with Crippen molar-refractivity contribution in [3.05, 3.63) is 11.9 Å². The van der Waals surface area contributed by atoms with Gasteiger partial charge >= 0.3 is 0 Å². The van der Waals surface area contributed by atoms with Crippen molar-refractivity contribution in [3.63, 3.8) is 0 Å². The predicted octanol–water partition coefficient (Wildman–Crippen LogP) is 1.43. The second kappa shape index (κ2) is 7.67. The van der Waals surface area contributed by atoms with Gasteiger partial charge < -0.3 is 15.5 Å². The summed E-state index contributed by atoms with van der Waals surface area (Å²) in [7, 11) is 3.60. The van der Waals surface area contributed by atoms with Crippen LogP contribution in [-0.2, 0) is 4.79 Å². The summed E-state index contributed by atoms with van der Waals surface area (Å²) in [5.41, 5.74) is 1.01. The number of nitrogens with zero attached hydrogens (tertiary/aromatic N) is 3. The second-order valence-electron chi connectivity index (χ2n) is 4.99. The average Bonchev–Trinajstić information content (AvgIpc) is 2.45. The molecule has 1 atom stereocenters. The zero-order valence-electron chi connectivity index (χ0n) is 13.0. The first kappa shape index (κ1) is 16.2. The van der Waals surface area contributed by atoms with Crippen LogP contribution >= 0.6 is 0 Å². The smallest absolute Gasteiger partial charge is 0.224 e. The maximum Gasteiger partial charge on any atom is 0.224 e. The number of rotatable bonds is 7. The van der Waals surface area contributed by atoms with Gasteiger partial charge in [0.05, 0.1) is 5.92 Å². The molecule has 0 radical (unpaired) electrons. The molecule has 1 aromatic heterocycles. The van der Waals surface area contributed by atoms with Crippen LogP contribution in [0.15, 0.2) is 6.33 Å². The van der Waals surface area contributed by atoms with Gasteiger partial charge in [-0.2, -0.15) is 0 Å². The summed E-state index contributed by atoms with van der Waals surface area (Å²) < 4.78 is 0. The highest BCUT2D eigenvalue weighted by atomic mass is 16.1. The fourth-order valence-electron chi connectivity index (χ4n) is 2.07. The fraction of sp³-hybridized carbons (Fsp3) is 0.643. The summed E-state index contributed by atoms with van der Waals surface area (Å²) in [6.07, 6.45) is 2.60. The van der Waals surface area contributed by atoms with Crippen LogP contribution in [-0.4, -0.2) is 43.1 Å². The van der Waals surface area contributed by atoms with E-state index in [-0.39, 0.29) is 11.8 Å². The predicted molar refractivity (Wildman–Crippen MR) is 82.1 cm³/mol. The minimum Gasteiger partial charge on any atom is -0.370 e. The number of nitrogens with one attached hydrogen (secondary N) is 2. The van der Waals surface area contributed by atoms with Crippen LogP contribution in [0.4, 0.5) is 11.6 Å². The van der Waals surface area contributed by atoms with Gasteiger partial charge in [0, 0.05) is 32.7 Å². The molecule has 0 saturated carbocycles. The van der Waals surface area contributed by atoms with Gasteiger partial charge in [-0.3, -0.25) is 4.79 Å². The molecule has 112 valence electrons. The van der Waals surface area contributed by atoms with E-state index in [1.165, 1.54) is 0 Å². The number of hydrogen-bond acceptors (Lipinski definition) is 5. The van der Waals surface area contributed by atoms with Crippen molar-refractivity contribution < 1.29 is 4.79 Å². The number of hydrogen-bond donors (Lipinski definition) is 2. The zero-order valence-corrected chi connectivity index (χ0v) is 13.0. The minimum atomic E-state index is -0.0913. The summed E-state index contributed by atoms with van der Waals surface area (Å²) in [6.45, 7) is 7.51. The van der Waals surface area contributed by atoms with E-state index in [1.807, 2.05) is 25.8 Å². The molecule has 0 fully saturated rings. The SMILES string of the molecule is CCCNc1ncnc(N(C)CC(C)C(=O)NC)c1C. The van der Waals surface area contributed by atoms with Crippen molar-refractivity contribution in [2.24, 2.45) is 5.92 Å². The Labute approximate surface area is 121 Å². The highest BCUT2D eigenvalue weighted by molar-refractivity contribution is 5.78. The van der Waals surface area contributed by atoms with Crippen LogP contribution in [0.5, 0.6) is 0 Å². The molecule has 2 N–H and O–H groups in total. The first-order valence-corrected chi connectivity index (χ1v) is 6.99. The van der Waals surface area contributed by atoms with Gasteiger partial charge in [-0.05, 0) is 13.3 Å². The Morgan fingerprint density at radius 3 is 2.75 bits per heavy atom. The third-order valence-electron chi connectivity index (χ3n) is 3.20. The summed E-state index contributed by atoms with van der Waals surface area (Å²) >= 11 is 0. The zero-order chi connectivity index (χ0) is 15.1. The Morgan fingerprint density at radius 2 is 2.15 bits per heavy atom. The van der Waals surface area contributed by atoms with Crippen molar-refractivity contribution >= 4 is 17.5 Å². The molecule has 0 aromatic carbocycles. The van der Waals surface area contributed by atoms with Crippen LogP contribution < -0.4 is 15.5 Å². The first-order valence-electron chi connectivity index (χ1n) is 6.99. The van der Waals surface area contributed by atoms with Crippen LogP contribution in [0, 0.1) is 12.8 Å². The number of anilines is 2. The van der Waals surface area contributed by atoms with E-state index in [4.69, 9.17) is 0 Å². The van der Waals surface area contributed by atoms with Crippen LogP contribution in [0.3, 0.4) is 0 Å². The van der Waals surface area contributed by atoms with Crippen molar-refractivity contribution in [2.45, 2.75) is 27.2 Å². The van der Waals surface area contributed by atoms with Crippen molar-refractivity contribution in [3.8, 4) is 0 Å². The first-order chi connectivity index (χ1) is 9.51. The number of carbonyl (C=O) groups excluding carboxylic acids is 1. The van der Waals surface area contributed by atoms with Crippen molar-refractivity contribution in [1.29, 1.82) is 0 Å². The van der Waals surface area contributed by atoms with E-state index in [0.29, 0.717) is 6.54 Å². The molecule has 6 heteroatoms. The summed E-state index contributed by atoms with van der Waals surface area (Å²) in [4.78, 5) is 22.2. The number of aromatic nitrogens is 2. The molecule has 0 saturated heterocycles. The van der Waals surface area contributed by atoms with E-state index in [9.17, 15) is 4.79 Å². The lowest BCUT2D eigenvalue weighted by Gasteiger charge is -2.23. The number of carbonyl (C=O) groups is 1. The lowest BCUT2D eigenvalue weighted by atomic mass is 10.1. The van der Waals surface area contributed by atoms with E-state index in [1.54, 1.807) is 13.4 Å². The summed E-state index contributed by atoms with van der Waals surface area (Å²) in [6, 6.07) is 0. The third-order valence-corrected chi connectivity index (χ3v) is 3.20. The lowest BCUT2D eigenvalue weighted by Crippen LogP contribution is -2.35. The molecule has 0 spiro atoms. The molecule has 6 nitrogen and oxygen atoms in total. The molecule has 1 aromatic rings. The van der Waals surface area contributed by atoms with E-state index in [2.05, 4.69) is 27.5 Å². The van der Waals surface area contributed by atoms with Crippen molar-refractivity contribution in [2.75, 3.05) is 37.4 Å². The molecular formula is C14H25N5O. The van der Waals surface area contributed by atoms with E-state index in [0.717, 1.165) is 30.2 Å². The molecule has 0 aliphatic rings. The van der Waals surface area contributed by atoms with Gasteiger partial charge in [-0.1, -0.05) is 13.8 Å². The maximum absolute atomic E-state index is 11.6. The normalized spacial score (nSPS) is 11.8. The van der Waals surface area contributed by atoms with Gasteiger partial charge in [0.2, 0.25) is 5.91 Å². The molecule has 0 aliphatic heterocycles. The Bertz CT molecular complexity index is 449. The number of amides is 1. The van der Waals surface area contributed by atoms with Crippen LogP contribution in [0.2, 0.25) is 0 Å². The second-order valence-corrected chi connectivity index (χ2v) is 4.99. The summed E-state index contributed by atoms with van der Waals surface area (Å²) in [5, 5.41) is 5.95. The van der Waals surface area contributed by atoms with Gasteiger partial charge in [-0.25, -0.2) is 9.97 Å². The van der Waals surface area contributed by atoms with Gasteiger partial charge in [0.1, 0.15) is 18.0 Å². The molecule has 1 unspecified atom stereocenters. The molecule has 1 amide bonds. The largest absolute Gasteiger partial charge is 0.370 e. The molecule has 0 aliphatic carbocycles. The highest BCUT2D eigenvalue weighted by Crippen LogP contribution is 2.21. The third kappa shape index (κ3) is 4.08. The average molecular weight is 279 g/mol. The molecule has 1 heterocycles. The van der Waals surface area contributed by atoms with E-state index < -0.39 is 0 Å². The van der Waals surface area contributed by atoms with Gasteiger partial charge in [0.25, 0.3) is 0 Å². The lowest BCUT2D eigenvalue weighted by molar-refractivity contribution is -0.123. The topological polar surface area (TPSA) is 70.2 Å². The Hall–Kier alpha value is -1.85. The Kier molecular flexibility index (Phi) is 6.21.